The monoisotopic (exact) mass is 409 g/mol. The summed E-state index contributed by atoms with van der Waals surface area (Å²) in [5.74, 6) is 0.221. The van der Waals surface area contributed by atoms with Crippen LogP contribution in [0.5, 0.6) is 5.75 Å². The van der Waals surface area contributed by atoms with E-state index < -0.39 is 5.41 Å². The van der Waals surface area contributed by atoms with Crippen LogP contribution in [0, 0.1) is 6.92 Å². The van der Waals surface area contributed by atoms with E-state index in [1.165, 1.54) is 6.21 Å². The van der Waals surface area contributed by atoms with E-state index in [9.17, 15) is 5.11 Å². The molecule has 132 valence electrons. The summed E-state index contributed by atoms with van der Waals surface area (Å²) < 4.78 is 1.00. The maximum Gasteiger partial charge on any atom is 0.115 e. The lowest BCUT2D eigenvalue weighted by atomic mass is 9.66. The molecule has 3 aromatic carbocycles. The number of nitrogens with zero attached hydrogens (tertiary/aromatic N) is 1. The van der Waals surface area contributed by atoms with Crippen LogP contribution in [0.4, 0.5) is 0 Å². The topological polar surface area (TPSA) is 52.8 Å². The number of aromatic hydroxyl groups is 1. The van der Waals surface area contributed by atoms with Crippen molar-refractivity contribution in [1.82, 2.24) is 0 Å². The first-order chi connectivity index (χ1) is 12.6. The van der Waals surface area contributed by atoms with Crippen LogP contribution in [0.2, 0.25) is 0 Å². The molecule has 0 heterocycles. The maximum absolute atomic E-state index is 9.76. The summed E-state index contributed by atoms with van der Waals surface area (Å²) in [5.41, 5.74) is 3.85. The number of aryl methyl sites for hydroxylation is 1. The van der Waals surface area contributed by atoms with Crippen LogP contribution in [0.1, 0.15) is 28.7 Å². The van der Waals surface area contributed by atoms with Gasteiger partial charge in [-0.3, -0.25) is 0 Å². The van der Waals surface area contributed by atoms with Crippen LogP contribution >= 0.6 is 15.9 Å². The molecule has 0 spiro atoms. The van der Waals surface area contributed by atoms with E-state index in [0.29, 0.717) is 6.42 Å². The summed E-state index contributed by atoms with van der Waals surface area (Å²) in [5, 5.41) is 22.2. The van der Waals surface area contributed by atoms with E-state index in [2.05, 4.69) is 52.3 Å². The van der Waals surface area contributed by atoms with Crippen molar-refractivity contribution >= 4 is 22.1 Å². The first-order valence-electron chi connectivity index (χ1n) is 8.35. The maximum atomic E-state index is 9.76. The zero-order chi connectivity index (χ0) is 18.6. The first-order valence-corrected chi connectivity index (χ1v) is 9.15. The summed E-state index contributed by atoms with van der Waals surface area (Å²) in [7, 11) is 0. The summed E-state index contributed by atoms with van der Waals surface area (Å²) in [4.78, 5) is 0. The molecule has 0 aliphatic carbocycles. The number of hydrogen-bond donors (Lipinski definition) is 2. The minimum Gasteiger partial charge on any atom is -0.508 e. The molecule has 0 radical (unpaired) electrons. The van der Waals surface area contributed by atoms with Crippen LogP contribution in [0.15, 0.2) is 82.4 Å². The zero-order valence-electron chi connectivity index (χ0n) is 14.4. The highest BCUT2D eigenvalue weighted by Crippen LogP contribution is 2.43. The quantitative estimate of drug-likeness (QED) is 0.247. The first kappa shape index (κ1) is 18.2. The minimum absolute atomic E-state index is 0.221. The van der Waals surface area contributed by atoms with Gasteiger partial charge < -0.3 is 10.3 Å². The molecule has 0 saturated heterocycles. The van der Waals surface area contributed by atoms with Crippen molar-refractivity contribution in [3.63, 3.8) is 0 Å². The smallest absolute Gasteiger partial charge is 0.115 e. The van der Waals surface area contributed by atoms with Gasteiger partial charge in [-0.05, 0) is 53.4 Å². The molecule has 3 aromatic rings. The Labute approximate surface area is 161 Å². The third kappa shape index (κ3) is 3.37. The Kier molecular flexibility index (Phi) is 5.43. The highest BCUT2D eigenvalue weighted by Gasteiger charge is 2.36. The molecular weight excluding hydrogens is 390 g/mol. The molecule has 3 rings (SSSR count). The van der Waals surface area contributed by atoms with Crippen molar-refractivity contribution in [3.05, 3.63) is 99.5 Å². The zero-order valence-corrected chi connectivity index (χ0v) is 16.0. The molecular formula is C22H20BrNO2. The fraction of sp³-hybridized carbons (Fsp3) is 0.136. The van der Waals surface area contributed by atoms with Gasteiger partial charge in [-0.1, -0.05) is 64.5 Å². The summed E-state index contributed by atoms with van der Waals surface area (Å²) >= 11 is 3.50. The molecule has 0 fully saturated rings. The molecule has 3 nitrogen and oxygen atoms in total. The second kappa shape index (κ2) is 7.75. The molecule has 4 heteroatoms. The van der Waals surface area contributed by atoms with Gasteiger partial charge >= 0.3 is 0 Å². The Morgan fingerprint density at radius 2 is 1.50 bits per heavy atom. The van der Waals surface area contributed by atoms with Crippen molar-refractivity contribution in [2.45, 2.75) is 18.8 Å². The minimum atomic E-state index is -0.536. The van der Waals surface area contributed by atoms with Gasteiger partial charge in [-0.2, -0.15) is 0 Å². The molecule has 2 N–H and O–H groups in total. The number of phenols is 1. The van der Waals surface area contributed by atoms with Gasteiger partial charge in [0.05, 0.1) is 5.41 Å². The Hall–Kier alpha value is -2.59. The molecule has 1 atom stereocenters. The highest BCUT2D eigenvalue weighted by atomic mass is 79.9. The van der Waals surface area contributed by atoms with E-state index in [-0.39, 0.29) is 5.75 Å². The Morgan fingerprint density at radius 1 is 0.923 bits per heavy atom. The van der Waals surface area contributed by atoms with Crippen LogP contribution in [0.25, 0.3) is 0 Å². The summed E-state index contributed by atoms with van der Waals surface area (Å²) in [6, 6.07) is 23.6. The van der Waals surface area contributed by atoms with Crippen LogP contribution in [0.3, 0.4) is 0 Å². The molecule has 0 aliphatic heterocycles. The molecule has 1 unspecified atom stereocenters. The van der Waals surface area contributed by atoms with Gasteiger partial charge in [-0.25, -0.2) is 0 Å². The van der Waals surface area contributed by atoms with Gasteiger partial charge in [0.25, 0.3) is 0 Å². The SMILES string of the molecule is Cc1ccccc1C(C/C=N/O)(c1ccc(O)cc1)c1ccc(Br)cc1. The summed E-state index contributed by atoms with van der Waals surface area (Å²) in [6.45, 7) is 2.08. The lowest BCUT2D eigenvalue weighted by molar-refractivity contribution is 0.319. The average molecular weight is 410 g/mol. The average Bonchev–Trinajstić information content (AvgIpc) is 2.66. The van der Waals surface area contributed by atoms with Crippen molar-refractivity contribution in [1.29, 1.82) is 0 Å². The van der Waals surface area contributed by atoms with Crippen LogP contribution in [-0.2, 0) is 5.41 Å². The predicted octanol–water partition coefficient (Wildman–Crippen LogP) is 5.65. The molecule has 0 amide bonds. The predicted molar refractivity (Wildman–Crippen MR) is 108 cm³/mol. The van der Waals surface area contributed by atoms with Gasteiger partial charge in [0.15, 0.2) is 0 Å². The van der Waals surface area contributed by atoms with Crippen molar-refractivity contribution < 1.29 is 10.3 Å². The normalized spacial score (nSPS) is 13.6. The Morgan fingerprint density at radius 3 is 2.08 bits per heavy atom. The second-order valence-corrected chi connectivity index (χ2v) is 7.19. The van der Waals surface area contributed by atoms with Gasteiger partial charge in [0.2, 0.25) is 0 Å². The summed E-state index contributed by atoms with van der Waals surface area (Å²) in [6.07, 6.45) is 2.02. The van der Waals surface area contributed by atoms with Crippen LogP contribution in [-0.4, -0.2) is 16.5 Å². The van der Waals surface area contributed by atoms with E-state index in [1.807, 2.05) is 36.4 Å². The van der Waals surface area contributed by atoms with E-state index in [1.54, 1.807) is 12.1 Å². The largest absolute Gasteiger partial charge is 0.508 e. The number of phenolic OH excluding ortho intramolecular Hbond substituents is 1. The molecule has 0 aliphatic rings. The van der Waals surface area contributed by atoms with Gasteiger partial charge in [0.1, 0.15) is 5.75 Å². The van der Waals surface area contributed by atoms with Gasteiger partial charge in [-0.15, -0.1) is 5.16 Å². The molecule has 0 bridgehead atoms. The molecule has 0 saturated carbocycles. The number of rotatable bonds is 5. The third-order valence-corrected chi connectivity index (χ3v) is 5.31. The molecule has 26 heavy (non-hydrogen) atoms. The number of hydrogen-bond acceptors (Lipinski definition) is 3. The lowest BCUT2D eigenvalue weighted by Crippen LogP contribution is -2.31. The Balaban J connectivity index is 2.35. The van der Waals surface area contributed by atoms with E-state index in [4.69, 9.17) is 5.21 Å². The fourth-order valence-electron chi connectivity index (χ4n) is 3.53. The van der Waals surface area contributed by atoms with E-state index >= 15 is 0 Å². The fourth-order valence-corrected chi connectivity index (χ4v) is 3.80. The van der Waals surface area contributed by atoms with Crippen LogP contribution < -0.4 is 0 Å². The third-order valence-electron chi connectivity index (χ3n) is 4.78. The van der Waals surface area contributed by atoms with Crippen molar-refractivity contribution in [2.24, 2.45) is 5.16 Å². The van der Waals surface area contributed by atoms with Crippen molar-refractivity contribution in [3.8, 4) is 5.75 Å². The molecule has 0 aromatic heterocycles. The Bertz CT molecular complexity index is 857. The lowest BCUT2D eigenvalue weighted by Gasteiger charge is -2.36. The number of benzene rings is 3. The van der Waals surface area contributed by atoms with E-state index in [0.717, 1.165) is 26.7 Å². The van der Waals surface area contributed by atoms with Crippen molar-refractivity contribution in [2.75, 3.05) is 0 Å². The standard InChI is InChI=1S/C22H20BrNO2/c1-16-4-2-3-5-21(16)22(14-15-24-26,17-6-10-19(23)11-7-17)18-8-12-20(25)13-9-18/h2-13,15,25-26H,14H2,1H3/b24-15+. The second-order valence-electron chi connectivity index (χ2n) is 6.28. The number of oxime groups is 1. The van der Waals surface area contributed by atoms with Gasteiger partial charge in [0, 0.05) is 17.1 Å². The number of halogens is 1. The highest BCUT2D eigenvalue weighted by molar-refractivity contribution is 9.10.